The lowest BCUT2D eigenvalue weighted by molar-refractivity contribution is -0.699. The summed E-state index contributed by atoms with van der Waals surface area (Å²) in [5.74, 6) is 3.09. The van der Waals surface area contributed by atoms with Gasteiger partial charge in [0, 0.05) is 42.0 Å². The minimum atomic E-state index is 0.125. The average Bonchev–Trinajstić information content (AvgIpc) is 3.40. The van der Waals surface area contributed by atoms with Gasteiger partial charge < -0.3 is 10.1 Å². The van der Waals surface area contributed by atoms with Crippen LogP contribution >= 0.6 is 11.9 Å². The number of nitrogens with one attached hydrogen (secondary N) is 4. The van der Waals surface area contributed by atoms with Gasteiger partial charge in [0.15, 0.2) is 5.82 Å². The van der Waals surface area contributed by atoms with E-state index in [0.717, 1.165) is 70.9 Å². The number of aromatic amines is 1. The molecular weight excluding hydrogens is 438 g/mol. The molecule has 0 radical (unpaired) electrons. The minimum Gasteiger partial charge on any atom is -0.385 e. The molecule has 33 heavy (non-hydrogen) atoms. The van der Waals surface area contributed by atoms with Crippen LogP contribution in [-0.4, -0.2) is 46.5 Å². The fraction of sp³-hybridized carbons (Fsp3) is 0.348. The number of fused-ring (bicyclic) bond motifs is 1. The Kier molecular flexibility index (Phi) is 6.47. The summed E-state index contributed by atoms with van der Waals surface area (Å²) in [5.41, 5.74) is 1.92. The van der Waals surface area contributed by atoms with Crippen molar-refractivity contribution in [2.45, 2.75) is 30.6 Å². The molecule has 1 aromatic carbocycles. The van der Waals surface area contributed by atoms with Crippen molar-refractivity contribution in [2.75, 3.05) is 30.9 Å². The SMILES string of the molecule is COCCCc1cc(NC2=CN(Sc3ccc(NC(=O)C4CC4)cc3)CC3=NC=C[NH+]23)n[nH]1. The van der Waals surface area contributed by atoms with Crippen molar-refractivity contribution in [1.29, 1.82) is 0 Å². The number of carbonyl (C=O) groups is 1. The van der Waals surface area contributed by atoms with Crippen LogP contribution in [0.1, 0.15) is 25.0 Å². The van der Waals surface area contributed by atoms with Gasteiger partial charge in [-0.05, 0) is 61.9 Å². The molecule has 0 bridgehead atoms. The molecule has 1 aromatic heterocycles. The highest BCUT2D eigenvalue weighted by atomic mass is 32.2. The van der Waals surface area contributed by atoms with Gasteiger partial charge >= 0.3 is 0 Å². The summed E-state index contributed by atoms with van der Waals surface area (Å²) in [6.45, 7) is 1.44. The highest BCUT2D eigenvalue weighted by Crippen LogP contribution is 2.31. The lowest BCUT2D eigenvalue weighted by Gasteiger charge is -2.27. The van der Waals surface area contributed by atoms with Crippen molar-refractivity contribution in [3.05, 3.63) is 60.4 Å². The predicted octanol–water partition coefficient (Wildman–Crippen LogP) is 2.34. The number of ether oxygens (including phenoxy) is 1. The molecule has 10 heteroatoms. The number of amides is 1. The van der Waals surface area contributed by atoms with Gasteiger partial charge in [0.1, 0.15) is 12.7 Å². The van der Waals surface area contributed by atoms with Crippen molar-refractivity contribution >= 4 is 35.2 Å². The Labute approximate surface area is 197 Å². The Morgan fingerprint density at radius 2 is 2.18 bits per heavy atom. The van der Waals surface area contributed by atoms with Crippen molar-refractivity contribution in [2.24, 2.45) is 10.9 Å². The van der Waals surface area contributed by atoms with E-state index in [-0.39, 0.29) is 11.8 Å². The van der Waals surface area contributed by atoms with Gasteiger partial charge in [-0.15, -0.1) is 0 Å². The molecule has 1 unspecified atom stereocenters. The number of aromatic nitrogens is 2. The second-order valence-electron chi connectivity index (χ2n) is 8.30. The molecule has 1 fully saturated rings. The number of rotatable bonds is 10. The summed E-state index contributed by atoms with van der Waals surface area (Å²) in [4.78, 5) is 18.7. The first kappa shape index (κ1) is 21.7. The van der Waals surface area contributed by atoms with Crippen LogP contribution in [0.5, 0.6) is 0 Å². The number of quaternary nitrogens is 1. The molecule has 1 atom stereocenters. The number of hydrogen-bond donors (Lipinski definition) is 4. The van der Waals surface area contributed by atoms with E-state index in [1.165, 1.54) is 0 Å². The Hall–Kier alpha value is -3.08. The Morgan fingerprint density at radius 1 is 1.33 bits per heavy atom. The molecule has 1 saturated carbocycles. The molecular formula is C23H28N7O2S+. The molecule has 0 spiro atoms. The van der Waals surface area contributed by atoms with Crippen LogP contribution in [-0.2, 0) is 16.0 Å². The number of aliphatic imine (C=N–C) groups is 1. The van der Waals surface area contributed by atoms with Crippen LogP contribution in [0.2, 0.25) is 0 Å². The van der Waals surface area contributed by atoms with E-state index in [0.29, 0.717) is 6.54 Å². The van der Waals surface area contributed by atoms with E-state index in [2.05, 4.69) is 36.3 Å². The van der Waals surface area contributed by atoms with E-state index in [1.54, 1.807) is 19.1 Å². The van der Waals surface area contributed by atoms with Crippen molar-refractivity contribution in [3.63, 3.8) is 0 Å². The third kappa shape index (κ3) is 5.47. The van der Waals surface area contributed by atoms with Crippen LogP contribution in [0.25, 0.3) is 0 Å². The maximum absolute atomic E-state index is 12.0. The third-order valence-corrected chi connectivity index (χ3v) is 6.58. The molecule has 1 aliphatic carbocycles. The van der Waals surface area contributed by atoms with Gasteiger partial charge in [-0.3, -0.25) is 19.5 Å². The first-order chi connectivity index (χ1) is 16.2. The number of carbonyl (C=O) groups excluding carboxylic acids is 1. The Balaban J connectivity index is 1.24. The van der Waals surface area contributed by atoms with E-state index >= 15 is 0 Å². The van der Waals surface area contributed by atoms with E-state index in [1.807, 2.05) is 42.7 Å². The fourth-order valence-corrected chi connectivity index (χ4v) is 4.60. The van der Waals surface area contributed by atoms with Crippen molar-refractivity contribution < 1.29 is 14.4 Å². The summed E-state index contributed by atoms with van der Waals surface area (Å²) >= 11 is 1.63. The van der Waals surface area contributed by atoms with E-state index in [4.69, 9.17) is 4.74 Å². The Bertz CT molecular complexity index is 1090. The Morgan fingerprint density at radius 3 is 2.97 bits per heavy atom. The summed E-state index contributed by atoms with van der Waals surface area (Å²) in [6, 6.07) is 10.0. The van der Waals surface area contributed by atoms with Crippen molar-refractivity contribution in [1.82, 2.24) is 14.5 Å². The minimum absolute atomic E-state index is 0.125. The zero-order valence-electron chi connectivity index (χ0n) is 18.5. The number of benzene rings is 1. The normalized spacial score (nSPS) is 19.2. The van der Waals surface area contributed by atoms with Crippen LogP contribution in [0, 0.1) is 5.92 Å². The number of nitrogens with zero attached hydrogens (tertiary/aromatic N) is 3. The zero-order chi connectivity index (χ0) is 22.6. The van der Waals surface area contributed by atoms with Crippen molar-refractivity contribution in [3.8, 4) is 0 Å². The summed E-state index contributed by atoms with van der Waals surface area (Å²) in [5, 5.41) is 13.9. The highest BCUT2D eigenvalue weighted by molar-refractivity contribution is 7.97. The largest absolute Gasteiger partial charge is 0.385 e. The van der Waals surface area contributed by atoms with Gasteiger partial charge in [-0.1, -0.05) is 0 Å². The molecule has 2 aliphatic heterocycles. The number of anilines is 2. The smallest absolute Gasteiger partial charge is 0.233 e. The number of H-pyrrole nitrogens is 1. The third-order valence-electron chi connectivity index (χ3n) is 5.63. The lowest BCUT2D eigenvalue weighted by atomic mass is 10.2. The summed E-state index contributed by atoms with van der Waals surface area (Å²) < 4.78 is 7.28. The highest BCUT2D eigenvalue weighted by Gasteiger charge is 2.32. The predicted molar refractivity (Wildman–Crippen MR) is 128 cm³/mol. The molecule has 3 aliphatic rings. The fourth-order valence-electron chi connectivity index (χ4n) is 3.73. The summed E-state index contributed by atoms with van der Waals surface area (Å²) in [7, 11) is 1.71. The monoisotopic (exact) mass is 466 g/mol. The number of hydrogen-bond acceptors (Lipinski definition) is 7. The standard InChI is InChI=1S/C23H27N7O2S/c1-32-12-2-3-18-13-20(28-27-18)26-22-15-29(14-21-24-10-11-30(21)22)33-19-8-6-17(7-9-19)25-23(31)16-4-5-16/h6-11,13,15-16H,2-5,12,14H2,1H3,(H,25,31)(H2,26,27,28)/p+1. The van der Waals surface area contributed by atoms with Gasteiger partial charge in [-0.25, -0.2) is 9.89 Å². The van der Waals surface area contributed by atoms with Crippen LogP contribution in [0.3, 0.4) is 0 Å². The van der Waals surface area contributed by atoms with Gasteiger partial charge in [0.2, 0.25) is 17.6 Å². The molecule has 5 rings (SSSR count). The summed E-state index contributed by atoms with van der Waals surface area (Å²) in [6.07, 6.45) is 9.81. The molecule has 172 valence electrons. The molecule has 4 N–H and O–H groups in total. The van der Waals surface area contributed by atoms with E-state index < -0.39 is 0 Å². The number of aryl methyl sites for hydroxylation is 1. The maximum Gasteiger partial charge on any atom is 0.233 e. The number of amidine groups is 1. The molecule has 9 nitrogen and oxygen atoms in total. The van der Waals surface area contributed by atoms with Crippen LogP contribution in [0.4, 0.5) is 11.5 Å². The van der Waals surface area contributed by atoms with Gasteiger partial charge in [0.25, 0.3) is 0 Å². The van der Waals surface area contributed by atoms with Gasteiger partial charge in [-0.2, -0.15) is 5.10 Å². The lowest BCUT2D eigenvalue weighted by Crippen LogP contribution is -3.10. The maximum atomic E-state index is 12.0. The molecule has 3 heterocycles. The molecule has 1 amide bonds. The first-order valence-corrected chi connectivity index (χ1v) is 11.9. The van der Waals surface area contributed by atoms with Crippen LogP contribution < -0.4 is 15.5 Å². The van der Waals surface area contributed by atoms with E-state index in [9.17, 15) is 4.79 Å². The second kappa shape index (κ2) is 9.82. The topological polar surface area (TPSA) is 99.1 Å². The second-order valence-corrected chi connectivity index (χ2v) is 9.43. The van der Waals surface area contributed by atoms with Gasteiger partial charge in [0.05, 0.1) is 12.4 Å². The molecule has 2 aromatic rings. The average molecular weight is 467 g/mol. The van der Waals surface area contributed by atoms with Crippen LogP contribution in [0.15, 0.2) is 64.6 Å². The first-order valence-electron chi connectivity index (χ1n) is 11.2. The quantitative estimate of drug-likeness (QED) is 0.317. The molecule has 0 saturated heterocycles. The number of methoxy groups -OCH3 is 1. The zero-order valence-corrected chi connectivity index (χ0v) is 19.3.